The molecular weight excluding hydrogens is 214 g/mol. The molecule has 0 aliphatic rings. The van der Waals surface area contributed by atoms with Gasteiger partial charge >= 0.3 is 0 Å². The van der Waals surface area contributed by atoms with Crippen molar-refractivity contribution in [2.45, 2.75) is 20.4 Å². The van der Waals surface area contributed by atoms with E-state index < -0.39 is 0 Å². The molecular formula is C11H16ClNO2. The quantitative estimate of drug-likeness (QED) is 0.806. The molecule has 0 fully saturated rings. The number of benzene rings is 1. The number of hydrogen-bond donors (Lipinski definition) is 1. The normalized spacial score (nSPS) is 10.5. The molecule has 0 atom stereocenters. The second kappa shape index (κ2) is 5.35. The van der Waals surface area contributed by atoms with Crippen LogP contribution in [0, 0.1) is 13.8 Å². The van der Waals surface area contributed by atoms with E-state index >= 15 is 0 Å². The van der Waals surface area contributed by atoms with Crippen molar-refractivity contribution in [1.82, 2.24) is 5.48 Å². The third-order valence-electron chi connectivity index (χ3n) is 2.31. The largest absolute Gasteiger partial charge is 0.496 e. The standard InChI is InChI=1S/C11H16ClNO2/c1-7-5-9(6-13-15-4)11(14-3)8(2)10(7)12/h5,13H,6H2,1-4H3. The molecule has 0 saturated heterocycles. The predicted octanol–water partition coefficient (Wildman–Crippen LogP) is 2.62. The van der Waals surface area contributed by atoms with Gasteiger partial charge in [0, 0.05) is 17.7 Å². The average molecular weight is 230 g/mol. The van der Waals surface area contributed by atoms with E-state index in [-0.39, 0.29) is 0 Å². The predicted molar refractivity (Wildman–Crippen MR) is 61.3 cm³/mol. The molecule has 4 heteroatoms. The van der Waals surface area contributed by atoms with Crippen LogP contribution in [0.15, 0.2) is 6.07 Å². The number of halogens is 1. The maximum absolute atomic E-state index is 6.14. The fourth-order valence-electron chi connectivity index (χ4n) is 1.59. The Balaban J connectivity index is 3.13. The first-order valence-electron chi connectivity index (χ1n) is 4.70. The first-order valence-corrected chi connectivity index (χ1v) is 5.08. The minimum atomic E-state index is 0.596. The van der Waals surface area contributed by atoms with Gasteiger partial charge in [0.2, 0.25) is 0 Å². The number of ether oxygens (including phenoxy) is 1. The summed E-state index contributed by atoms with van der Waals surface area (Å²) in [6, 6.07) is 2.00. The van der Waals surface area contributed by atoms with Crippen LogP contribution in [0.4, 0.5) is 0 Å². The fraction of sp³-hybridized carbons (Fsp3) is 0.455. The highest BCUT2D eigenvalue weighted by molar-refractivity contribution is 6.32. The Morgan fingerprint density at radius 1 is 1.33 bits per heavy atom. The molecule has 1 aromatic carbocycles. The van der Waals surface area contributed by atoms with Crippen LogP contribution >= 0.6 is 11.6 Å². The number of rotatable bonds is 4. The van der Waals surface area contributed by atoms with Crippen LogP contribution < -0.4 is 10.2 Å². The molecule has 0 spiro atoms. The number of aryl methyl sites for hydroxylation is 1. The highest BCUT2D eigenvalue weighted by Crippen LogP contribution is 2.32. The molecule has 0 bridgehead atoms. The van der Waals surface area contributed by atoms with Crippen LogP contribution in [0.3, 0.4) is 0 Å². The van der Waals surface area contributed by atoms with Gasteiger partial charge in [0.05, 0.1) is 19.2 Å². The fourth-order valence-corrected chi connectivity index (χ4v) is 1.73. The van der Waals surface area contributed by atoms with Crippen molar-refractivity contribution in [3.8, 4) is 5.75 Å². The summed E-state index contributed by atoms with van der Waals surface area (Å²) < 4.78 is 5.33. The molecule has 0 aliphatic heterocycles. The number of hydrogen-bond acceptors (Lipinski definition) is 3. The lowest BCUT2D eigenvalue weighted by Gasteiger charge is -2.14. The van der Waals surface area contributed by atoms with Gasteiger partial charge in [-0.1, -0.05) is 11.6 Å². The summed E-state index contributed by atoms with van der Waals surface area (Å²) in [5.74, 6) is 0.815. The molecule has 0 unspecified atom stereocenters. The zero-order valence-electron chi connectivity index (χ0n) is 9.48. The Bertz CT molecular complexity index is 353. The minimum Gasteiger partial charge on any atom is -0.496 e. The highest BCUT2D eigenvalue weighted by atomic mass is 35.5. The maximum atomic E-state index is 6.14. The molecule has 1 rings (SSSR count). The number of methoxy groups -OCH3 is 1. The summed E-state index contributed by atoms with van der Waals surface area (Å²) in [5, 5.41) is 0.757. The van der Waals surface area contributed by atoms with E-state index in [0.717, 1.165) is 27.5 Å². The molecule has 3 nitrogen and oxygen atoms in total. The Labute approximate surface area is 95.3 Å². The van der Waals surface area contributed by atoms with Gasteiger partial charge < -0.3 is 9.57 Å². The molecule has 0 aromatic heterocycles. The summed E-state index contributed by atoms with van der Waals surface area (Å²) in [6.45, 7) is 4.52. The SMILES string of the molecule is CONCc1cc(C)c(Cl)c(C)c1OC. The van der Waals surface area contributed by atoms with E-state index in [2.05, 4.69) is 5.48 Å². The van der Waals surface area contributed by atoms with Crippen molar-refractivity contribution in [3.63, 3.8) is 0 Å². The van der Waals surface area contributed by atoms with Crippen molar-refractivity contribution >= 4 is 11.6 Å². The van der Waals surface area contributed by atoms with Crippen LogP contribution in [0.1, 0.15) is 16.7 Å². The number of hydroxylamine groups is 1. The third-order valence-corrected chi connectivity index (χ3v) is 2.89. The van der Waals surface area contributed by atoms with E-state index in [1.165, 1.54) is 0 Å². The van der Waals surface area contributed by atoms with Crippen molar-refractivity contribution < 1.29 is 9.57 Å². The molecule has 0 radical (unpaired) electrons. The van der Waals surface area contributed by atoms with Gasteiger partial charge in [0.25, 0.3) is 0 Å². The first kappa shape index (κ1) is 12.3. The van der Waals surface area contributed by atoms with Crippen molar-refractivity contribution in [2.75, 3.05) is 14.2 Å². The zero-order valence-corrected chi connectivity index (χ0v) is 10.2. The molecule has 84 valence electrons. The Kier molecular flexibility index (Phi) is 4.39. The summed E-state index contributed by atoms with van der Waals surface area (Å²) in [5.41, 5.74) is 5.84. The van der Waals surface area contributed by atoms with Gasteiger partial charge in [-0.05, 0) is 25.5 Å². The van der Waals surface area contributed by atoms with E-state index in [4.69, 9.17) is 21.2 Å². The topological polar surface area (TPSA) is 30.5 Å². The highest BCUT2D eigenvalue weighted by Gasteiger charge is 2.11. The number of nitrogens with one attached hydrogen (secondary N) is 1. The van der Waals surface area contributed by atoms with Gasteiger partial charge in [0.15, 0.2) is 0 Å². The summed E-state index contributed by atoms with van der Waals surface area (Å²) in [7, 11) is 3.23. The van der Waals surface area contributed by atoms with Crippen LogP contribution in [0.5, 0.6) is 5.75 Å². The average Bonchev–Trinajstić information content (AvgIpc) is 2.23. The van der Waals surface area contributed by atoms with Crippen molar-refractivity contribution in [2.24, 2.45) is 0 Å². The van der Waals surface area contributed by atoms with Crippen LogP contribution in [-0.4, -0.2) is 14.2 Å². The zero-order chi connectivity index (χ0) is 11.4. The first-order chi connectivity index (χ1) is 7.11. The minimum absolute atomic E-state index is 0.596. The van der Waals surface area contributed by atoms with E-state index in [1.54, 1.807) is 14.2 Å². The molecule has 0 saturated carbocycles. The van der Waals surface area contributed by atoms with Crippen LogP contribution in [0.2, 0.25) is 5.02 Å². The van der Waals surface area contributed by atoms with Gasteiger partial charge in [-0.25, -0.2) is 0 Å². The molecule has 15 heavy (non-hydrogen) atoms. The molecule has 1 aromatic rings. The third kappa shape index (κ3) is 2.62. The van der Waals surface area contributed by atoms with E-state index in [0.29, 0.717) is 6.54 Å². The molecule has 0 aliphatic carbocycles. The lowest BCUT2D eigenvalue weighted by Crippen LogP contribution is -2.12. The van der Waals surface area contributed by atoms with Crippen LogP contribution in [0.25, 0.3) is 0 Å². The summed E-state index contributed by atoms with van der Waals surface area (Å²) in [6.07, 6.45) is 0. The van der Waals surface area contributed by atoms with Crippen LogP contribution in [-0.2, 0) is 11.4 Å². The Morgan fingerprint density at radius 3 is 2.53 bits per heavy atom. The van der Waals surface area contributed by atoms with Crippen molar-refractivity contribution in [3.05, 3.63) is 27.8 Å². The summed E-state index contributed by atoms with van der Waals surface area (Å²) in [4.78, 5) is 4.82. The maximum Gasteiger partial charge on any atom is 0.127 e. The molecule has 1 N–H and O–H groups in total. The second-order valence-corrected chi connectivity index (χ2v) is 3.73. The van der Waals surface area contributed by atoms with Crippen molar-refractivity contribution in [1.29, 1.82) is 0 Å². The van der Waals surface area contributed by atoms with E-state index in [1.807, 2.05) is 19.9 Å². The lowest BCUT2D eigenvalue weighted by atomic mass is 10.1. The summed E-state index contributed by atoms with van der Waals surface area (Å²) >= 11 is 6.14. The monoisotopic (exact) mass is 229 g/mol. The molecule has 0 heterocycles. The Morgan fingerprint density at radius 2 is 2.00 bits per heavy atom. The molecule has 0 amide bonds. The van der Waals surface area contributed by atoms with Gasteiger partial charge in [-0.3, -0.25) is 0 Å². The Hall–Kier alpha value is -0.770. The lowest BCUT2D eigenvalue weighted by molar-refractivity contribution is 0.0861. The van der Waals surface area contributed by atoms with Gasteiger partial charge in [-0.15, -0.1) is 0 Å². The van der Waals surface area contributed by atoms with Gasteiger partial charge in [0.1, 0.15) is 5.75 Å². The van der Waals surface area contributed by atoms with E-state index in [9.17, 15) is 0 Å². The van der Waals surface area contributed by atoms with Gasteiger partial charge in [-0.2, -0.15) is 5.48 Å². The second-order valence-electron chi connectivity index (χ2n) is 3.35. The smallest absolute Gasteiger partial charge is 0.127 e.